The number of rotatable bonds is 3. The number of carbonyl (C=O) groups excluding carboxylic acids is 1. The molecule has 0 aliphatic rings. The summed E-state index contributed by atoms with van der Waals surface area (Å²) in [5.41, 5.74) is 0.507. The fourth-order valence-electron chi connectivity index (χ4n) is 1.59. The zero-order valence-corrected chi connectivity index (χ0v) is 11.7. The lowest BCUT2D eigenvalue weighted by Crippen LogP contribution is -2.26. The van der Waals surface area contributed by atoms with Gasteiger partial charge in [0.2, 0.25) is 0 Å². The Kier molecular flexibility index (Phi) is 3.81. The molecule has 4 nitrogen and oxygen atoms in total. The second-order valence-corrected chi connectivity index (χ2v) is 4.74. The minimum atomic E-state index is -0.184. The van der Waals surface area contributed by atoms with E-state index < -0.39 is 0 Å². The van der Waals surface area contributed by atoms with Gasteiger partial charge in [-0.1, -0.05) is 0 Å². The molecule has 0 bridgehead atoms. The number of hydrogen-bond acceptors (Lipinski definition) is 3. The van der Waals surface area contributed by atoms with Gasteiger partial charge >= 0.3 is 0 Å². The molecular weight excluding hydrogens is 296 g/mol. The molecule has 2 rings (SSSR count). The first-order valence-electron chi connectivity index (χ1n) is 5.55. The van der Waals surface area contributed by atoms with Crippen molar-refractivity contribution in [1.29, 1.82) is 0 Å². The first-order chi connectivity index (χ1) is 8.58. The van der Waals surface area contributed by atoms with Gasteiger partial charge in [-0.3, -0.25) is 4.79 Å². The minimum absolute atomic E-state index is 0.182. The number of aromatic nitrogens is 1. The standard InChI is InChI=1S/C13H13BrN2O2/c1-8-5-6-11(18-8)9(2)16-13(17)10-4-3-7-15-12(10)14/h3-7,9H,1-2H3,(H,16,17). The number of amides is 1. The number of carbonyl (C=O) groups is 1. The number of nitrogens with one attached hydrogen (secondary N) is 1. The molecule has 0 saturated heterocycles. The van der Waals surface area contributed by atoms with Gasteiger partial charge in [-0.15, -0.1) is 0 Å². The molecule has 18 heavy (non-hydrogen) atoms. The molecule has 1 amide bonds. The van der Waals surface area contributed by atoms with Gasteiger partial charge in [0.25, 0.3) is 5.91 Å². The van der Waals surface area contributed by atoms with E-state index in [9.17, 15) is 4.79 Å². The van der Waals surface area contributed by atoms with Crippen molar-refractivity contribution in [3.63, 3.8) is 0 Å². The highest BCUT2D eigenvalue weighted by Crippen LogP contribution is 2.18. The lowest BCUT2D eigenvalue weighted by molar-refractivity contribution is 0.0934. The number of furan rings is 1. The molecule has 94 valence electrons. The zero-order valence-electron chi connectivity index (χ0n) is 10.1. The Balaban J connectivity index is 2.10. The molecular formula is C13H13BrN2O2. The average Bonchev–Trinajstić information content (AvgIpc) is 2.76. The SMILES string of the molecule is Cc1ccc(C(C)NC(=O)c2cccnc2Br)o1. The molecule has 0 radical (unpaired) electrons. The predicted octanol–water partition coefficient (Wildman–Crippen LogP) is 3.24. The molecule has 2 aromatic rings. The van der Waals surface area contributed by atoms with Gasteiger partial charge in [0.15, 0.2) is 0 Å². The summed E-state index contributed by atoms with van der Waals surface area (Å²) in [5, 5.41) is 2.86. The lowest BCUT2D eigenvalue weighted by atomic mass is 10.2. The Hall–Kier alpha value is -1.62. The monoisotopic (exact) mass is 308 g/mol. The van der Waals surface area contributed by atoms with Gasteiger partial charge < -0.3 is 9.73 Å². The number of aryl methyl sites for hydroxylation is 1. The summed E-state index contributed by atoms with van der Waals surface area (Å²) in [4.78, 5) is 16.1. The summed E-state index contributed by atoms with van der Waals surface area (Å²) in [6.07, 6.45) is 1.63. The van der Waals surface area contributed by atoms with Crippen LogP contribution in [0, 0.1) is 6.92 Å². The number of halogens is 1. The van der Waals surface area contributed by atoms with Crippen molar-refractivity contribution in [1.82, 2.24) is 10.3 Å². The molecule has 2 aromatic heterocycles. The molecule has 2 heterocycles. The van der Waals surface area contributed by atoms with Gasteiger partial charge in [0.1, 0.15) is 16.1 Å². The molecule has 0 fully saturated rings. The van der Waals surface area contributed by atoms with Crippen molar-refractivity contribution in [2.45, 2.75) is 19.9 Å². The van der Waals surface area contributed by atoms with Gasteiger partial charge in [0.05, 0.1) is 11.6 Å². The van der Waals surface area contributed by atoms with E-state index in [0.29, 0.717) is 10.2 Å². The largest absolute Gasteiger partial charge is 0.464 e. The van der Waals surface area contributed by atoms with Crippen LogP contribution in [0.4, 0.5) is 0 Å². The third-order valence-electron chi connectivity index (χ3n) is 2.54. The summed E-state index contributed by atoms with van der Waals surface area (Å²) < 4.78 is 6.00. The summed E-state index contributed by atoms with van der Waals surface area (Å²) in [7, 11) is 0. The Labute approximate surface area is 114 Å². The molecule has 0 saturated carbocycles. The first-order valence-corrected chi connectivity index (χ1v) is 6.35. The summed E-state index contributed by atoms with van der Waals surface area (Å²) in [6, 6.07) is 6.99. The van der Waals surface area contributed by atoms with Crippen LogP contribution in [0.1, 0.15) is 34.8 Å². The van der Waals surface area contributed by atoms with Crippen LogP contribution in [0.15, 0.2) is 39.5 Å². The first kappa shape index (κ1) is 12.8. The molecule has 0 spiro atoms. The quantitative estimate of drug-likeness (QED) is 0.886. The third kappa shape index (κ3) is 2.79. The highest BCUT2D eigenvalue weighted by Gasteiger charge is 2.16. The van der Waals surface area contributed by atoms with Crippen LogP contribution in [-0.4, -0.2) is 10.9 Å². The molecule has 5 heteroatoms. The Bertz CT molecular complexity index is 566. The second kappa shape index (κ2) is 5.35. The Morgan fingerprint density at radius 1 is 1.44 bits per heavy atom. The van der Waals surface area contributed by atoms with Crippen LogP contribution >= 0.6 is 15.9 Å². The minimum Gasteiger partial charge on any atom is -0.464 e. The van der Waals surface area contributed by atoms with Crippen molar-refractivity contribution >= 4 is 21.8 Å². The fraction of sp³-hybridized carbons (Fsp3) is 0.231. The van der Waals surface area contributed by atoms with Crippen LogP contribution in [-0.2, 0) is 0 Å². The Morgan fingerprint density at radius 2 is 2.22 bits per heavy atom. The van der Waals surface area contributed by atoms with Gasteiger partial charge in [-0.05, 0) is 54.0 Å². The van der Waals surface area contributed by atoms with Crippen molar-refractivity contribution in [2.75, 3.05) is 0 Å². The van der Waals surface area contributed by atoms with Gasteiger partial charge in [0, 0.05) is 6.20 Å². The average molecular weight is 309 g/mol. The summed E-state index contributed by atoms with van der Waals surface area (Å²) in [6.45, 7) is 3.75. The van der Waals surface area contributed by atoms with Crippen LogP contribution in [0.5, 0.6) is 0 Å². The van der Waals surface area contributed by atoms with E-state index in [4.69, 9.17) is 4.42 Å². The third-order valence-corrected chi connectivity index (χ3v) is 3.17. The van der Waals surface area contributed by atoms with Crippen LogP contribution < -0.4 is 5.32 Å². The maximum atomic E-state index is 12.0. The smallest absolute Gasteiger partial charge is 0.254 e. The molecule has 0 aliphatic carbocycles. The number of nitrogens with zero attached hydrogens (tertiary/aromatic N) is 1. The molecule has 1 atom stereocenters. The van der Waals surface area contributed by atoms with Crippen LogP contribution in [0.2, 0.25) is 0 Å². The predicted molar refractivity (Wildman–Crippen MR) is 71.3 cm³/mol. The highest BCUT2D eigenvalue weighted by molar-refractivity contribution is 9.10. The van der Waals surface area contributed by atoms with E-state index in [2.05, 4.69) is 26.2 Å². The van der Waals surface area contributed by atoms with E-state index in [0.717, 1.165) is 11.5 Å². The van der Waals surface area contributed by atoms with E-state index in [-0.39, 0.29) is 11.9 Å². The van der Waals surface area contributed by atoms with Gasteiger partial charge in [-0.2, -0.15) is 0 Å². The normalized spacial score (nSPS) is 12.2. The fourth-order valence-corrected chi connectivity index (χ4v) is 2.02. The van der Waals surface area contributed by atoms with Crippen molar-refractivity contribution < 1.29 is 9.21 Å². The number of pyridine rings is 1. The zero-order chi connectivity index (χ0) is 13.1. The highest BCUT2D eigenvalue weighted by atomic mass is 79.9. The maximum absolute atomic E-state index is 12.0. The summed E-state index contributed by atoms with van der Waals surface area (Å²) in [5.74, 6) is 1.38. The Morgan fingerprint density at radius 3 is 2.83 bits per heavy atom. The second-order valence-electron chi connectivity index (χ2n) is 3.99. The molecule has 0 aromatic carbocycles. The molecule has 0 aliphatic heterocycles. The van der Waals surface area contributed by atoms with E-state index in [1.807, 2.05) is 26.0 Å². The maximum Gasteiger partial charge on any atom is 0.254 e. The lowest BCUT2D eigenvalue weighted by Gasteiger charge is -2.11. The van der Waals surface area contributed by atoms with E-state index >= 15 is 0 Å². The van der Waals surface area contributed by atoms with Crippen LogP contribution in [0.3, 0.4) is 0 Å². The number of hydrogen-bond donors (Lipinski definition) is 1. The van der Waals surface area contributed by atoms with Crippen LogP contribution in [0.25, 0.3) is 0 Å². The van der Waals surface area contributed by atoms with Crippen molar-refractivity contribution in [3.8, 4) is 0 Å². The van der Waals surface area contributed by atoms with E-state index in [1.165, 1.54) is 0 Å². The topological polar surface area (TPSA) is 55.1 Å². The van der Waals surface area contributed by atoms with E-state index in [1.54, 1.807) is 18.3 Å². The summed E-state index contributed by atoms with van der Waals surface area (Å²) >= 11 is 3.25. The van der Waals surface area contributed by atoms with Gasteiger partial charge in [-0.25, -0.2) is 4.98 Å². The van der Waals surface area contributed by atoms with Crippen molar-refractivity contribution in [2.24, 2.45) is 0 Å². The molecule has 1 N–H and O–H groups in total. The van der Waals surface area contributed by atoms with Crippen molar-refractivity contribution in [3.05, 3.63) is 52.1 Å². The molecule has 1 unspecified atom stereocenters.